The lowest BCUT2D eigenvalue weighted by molar-refractivity contribution is -0.199. The molecule has 5 saturated carbocycles. The fourth-order valence-electron chi connectivity index (χ4n) is 7.36. The molecule has 0 N–H and O–H groups in total. The van der Waals surface area contributed by atoms with Crippen LogP contribution in [0.4, 0.5) is 0 Å². The van der Waals surface area contributed by atoms with Crippen LogP contribution >= 0.6 is 0 Å². The highest BCUT2D eigenvalue weighted by Gasteiger charge is 2.57. The first-order chi connectivity index (χ1) is 20.3. The Morgan fingerprint density at radius 1 is 1.00 bits per heavy atom. The van der Waals surface area contributed by atoms with E-state index in [9.17, 15) is 19.2 Å². The fourth-order valence-corrected chi connectivity index (χ4v) is 7.36. The standard InChI is InChI=1S/C15H22O2.C12H17NO2.C7H8O4/c1-9(2)14(16)17-15(3)12-5-10-4-11(7-12)8-13(15)6-10;1-8(2)12(14)15-7-10-4-9(3)11(5-10)6-13;1-2-6(8)11-5-3-4-10-7(5)9/h10-13H,1,4-8H2,2-3H3;9-11H,1,4-5,7H2,2-3H3;2,5H,1,3-4H2. The highest BCUT2D eigenvalue weighted by Crippen LogP contribution is 2.59. The van der Waals surface area contributed by atoms with E-state index < -0.39 is 18.0 Å². The third kappa shape index (κ3) is 8.81. The Kier molecular flexibility index (Phi) is 11.8. The maximum atomic E-state index is 11.8. The van der Waals surface area contributed by atoms with Gasteiger partial charge < -0.3 is 18.9 Å². The van der Waals surface area contributed by atoms with Crippen molar-refractivity contribution in [3.05, 3.63) is 37.0 Å². The Balaban J connectivity index is 0.000000181. The van der Waals surface area contributed by atoms with Crippen molar-refractivity contribution >= 4 is 23.9 Å². The van der Waals surface area contributed by atoms with Crippen molar-refractivity contribution in [2.75, 3.05) is 13.2 Å². The van der Waals surface area contributed by atoms with Crippen LogP contribution in [0.1, 0.15) is 79.1 Å². The van der Waals surface area contributed by atoms with Crippen LogP contribution in [0, 0.1) is 52.8 Å². The quantitative estimate of drug-likeness (QED) is 0.208. The smallest absolute Gasteiger partial charge is 0.347 e. The van der Waals surface area contributed by atoms with Crippen LogP contribution in [0.15, 0.2) is 37.0 Å². The van der Waals surface area contributed by atoms with E-state index in [1.54, 1.807) is 13.8 Å². The average molecular weight is 598 g/mol. The average Bonchev–Trinajstić information content (AvgIpc) is 3.54. The summed E-state index contributed by atoms with van der Waals surface area (Å²) in [5.74, 6) is 2.32. The number of hydrogen-bond donors (Lipinski definition) is 0. The second-order valence-electron chi connectivity index (χ2n) is 13.2. The summed E-state index contributed by atoms with van der Waals surface area (Å²) in [5, 5.41) is 8.85. The van der Waals surface area contributed by atoms with Crippen molar-refractivity contribution in [3.8, 4) is 6.07 Å². The molecule has 4 atom stereocenters. The molecule has 6 aliphatic rings. The summed E-state index contributed by atoms with van der Waals surface area (Å²) in [7, 11) is 0. The van der Waals surface area contributed by atoms with E-state index in [0.29, 0.717) is 54.5 Å². The highest BCUT2D eigenvalue weighted by molar-refractivity contribution is 5.87. The van der Waals surface area contributed by atoms with Crippen molar-refractivity contribution in [2.24, 2.45) is 41.4 Å². The zero-order valence-electron chi connectivity index (χ0n) is 26.1. The molecule has 0 spiro atoms. The van der Waals surface area contributed by atoms with Crippen molar-refractivity contribution in [2.45, 2.75) is 90.8 Å². The Bertz CT molecular complexity index is 1120. The molecule has 236 valence electrons. The molecule has 9 nitrogen and oxygen atoms in total. The predicted molar refractivity (Wildman–Crippen MR) is 159 cm³/mol. The van der Waals surface area contributed by atoms with Gasteiger partial charge in [-0.1, -0.05) is 26.7 Å². The SMILES string of the molecule is C=C(C)C(=O)OC1(C)C2CC3CC(C2)CC1C3.C=C(C)C(=O)OCC1CC(C)C(C#N)C1.C=CC(=O)OC1CCOC1=O. The minimum atomic E-state index is -0.722. The Morgan fingerprint density at radius 2 is 1.58 bits per heavy atom. The summed E-state index contributed by atoms with van der Waals surface area (Å²) in [4.78, 5) is 44.2. The third-order valence-electron chi connectivity index (χ3n) is 9.68. The molecule has 1 heterocycles. The molecule has 1 saturated heterocycles. The molecule has 4 unspecified atom stereocenters. The number of carbonyl (C=O) groups excluding carboxylic acids is 4. The monoisotopic (exact) mass is 597 g/mol. The summed E-state index contributed by atoms with van der Waals surface area (Å²) < 4.78 is 20.1. The zero-order chi connectivity index (χ0) is 31.9. The summed E-state index contributed by atoms with van der Waals surface area (Å²) in [6.45, 7) is 18.8. The number of carbonyl (C=O) groups is 4. The van der Waals surface area contributed by atoms with Gasteiger partial charge in [0.15, 0.2) is 0 Å². The normalized spacial score (nSPS) is 34.6. The van der Waals surface area contributed by atoms with Crippen LogP contribution in [0.3, 0.4) is 0 Å². The lowest BCUT2D eigenvalue weighted by atomic mass is 9.50. The van der Waals surface area contributed by atoms with Crippen LogP contribution in [0.25, 0.3) is 0 Å². The Hall–Kier alpha value is -3.41. The van der Waals surface area contributed by atoms with Gasteiger partial charge in [-0.2, -0.15) is 5.26 Å². The van der Waals surface area contributed by atoms with E-state index in [4.69, 9.17) is 14.7 Å². The number of nitrogens with zero attached hydrogens (tertiary/aromatic N) is 1. The maximum Gasteiger partial charge on any atom is 0.347 e. The van der Waals surface area contributed by atoms with E-state index in [-0.39, 0.29) is 23.5 Å². The fraction of sp³-hybridized carbons (Fsp3) is 0.676. The Morgan fingerprint density at radius 3 is 2.02 bits per heavy atom. The van der Waals surface area contributed by atoms with Crippen LogP contribution in [-0.4, -0.2) is 48.8 Å². The van der Waals surface area contributed by atoms with E-state index in [1.165, 1.54) is 32.1 Å². The van der Waals surface area contributed by atoms with Crippen molar-refractivity contribution in [1.82, 2.24) is 0 Å². The number of esters is 4. The van der Waals surface area contributed by atoms with Gasteiger partial charge in [0.1, 0.15) is 5.60 Å². The van der Waals surface area contributed by atoms with Gasteiger partial charge in [-0.15, -0.1) is 0 Å². The first-order valence-electron chi connectivity index (χ1n) is 15.4. The van der Waals surface area contributed by atoms with E-state index >= 15 is 0 Å². The number of cyclic esters (lactones) is 1. The van der Waals surface area contributed by atoms with Crippen LogP contribution in [0.5, 0.6) is 0 Å². The first kappa shape index (κ1) is 34.1. The maximum absolute atomic E-state index is 11.8. The first-order valence-corrected chi connectivity index (χ1v) is 15.4. The summed E-state index contributed by atoms with van der Waals surface area (Å²) >= 11 is 0. The summed E-state index contributed by atoms with van der Waals surface area (Å²) in [6.07, 6.45) is 9.07. The minimum absolute atomic E-state index is 0.124. The predicted octanol–water partition coefficient (Wildman–Crippen LogP) is 5.64. The molecule has 5 aliphatic carbocycles. The van der Waals surface area contributed by atoms with Crippen molar-refractivity contribution < 1.29 is 38.1 Å². The lowest BCUT2D eigenvalue weighted by Gasteiger charge is -2.59. The van der Waals surface area contributed by atoms with Crippen LogP contribution in [-0.2, 0) is 38.1 Å². The molecular formula is C34H47NO8. The van der Waals surface area contributed by atoms with Crippen molar-refractivity contribution in [1.29, 1.82) is 5.26 Å². The molecule has 0 amide bonds. The van der Waals surface area contributed by atoms with Gasteiger partial charge in [-0.05, 0) is 101 Å². The number of hydrogen-bond acceptors (Lipinski definition) is 9. The molecular weight excluding hydrogens is 550 g/mol. The molecule has 6 fully saturated rings. The van der Waals surface area contributed by atoms with Gasteiger partial charge in [0.25, 0.3) is 0 Å². The second-order valence-corrected chi connectivity index (χ2v) is 13.2. The second kappa shape index (κ2) is 14.9. The van der Waals surface area contributed by atoms with Gasteiger partial charge >= 0.3 is 23.9 Å². The Labute approximate surface area is 255 Å². The van der Waals surface area contributed by atoms with Gasteiger partial charge in [0.2, 0.25) is 6.10 Å². The van der Waals surface area contributed by atoms with E-state index in [1.807, 2.05) is 0 Å². The van der Waals surface area contributed by atoms with Crippen LogP contribution < -0.4 is 0 Å². The van der Waals surface area contributed by atoms with Crippen LogP contribution in [0.2, 0.25) is 0 Å². The molecule has 1 aliphatic heterocycles. The molecule has 4 bridgehead atoms. The number of ether oxygens (including phenoxy) is 4. The van der Waals surface area contributed by atoms with E-state index in [0.717, 1.165) is 30.8 Å². The largest absolute Gasteiger partial charge is 0.463 e. The number of rotatable bonds is 7. The van der Waals surface area contributed by atoms with Gasteiger partial charge in [-0.25, -0.2) is 19.2 Å². The molecule has 9 heteroatoms. The van der Waals surface area contributed by atoms with Gasteiger partial charge in [0, 0.05) is 29.6 Å². The molecule has 0 aromatic carbocycles. The molecule has 0 radical (unpaired) electrons. The molecule has 6 rings (SSSR count). The third-order valence-corrected chi connectivity index (χ3v) is 9.68. The van der Waals surface area contributed by atoms with E-state index in [2.05, 4.69) is 49.1 Å². The summed E-state index contributed by atoms with van der Waals surface area (Å²) in [5.41, 5.74) is 0.751. The zero-order valence-corrected chi connectivity index (χ0v) is 26.1. The van der Waals surface area contributed by atoms with Gasteiger partial charge in [-0.3, -0.25) is 0 Å². The molecule has 43 heavy (non-hydrogen) atoms. The highest BCUT2D eigenvalue weighted by atomic mass is 16.6. The van der Waals surface area contributed by atoms with Gasteiger partial charge in [0.05, 0.1) is 19.3 Å². The summed E-state index contributed by atoms with van der Waals surface area (Å²) in [6, 6.07) is 2.30. The minimum Gasteiger partial charge on any atom is -0.463 e. The molecule has 0 aromatic heterocycles. The number of nitriles is 1. The lowest BCUT2D eigenvalue weighted by Crippen LogP contribution is -2.58. The molecule has 0 aromatic rings. The topological polar surface area (TPSA) is 129 Å². The van der Waals surface area contributed by atoms with Crippen molar-refractivity contribution in [3.63, 3.8) is 0 Å².